The summed E-state index contributed by atoms with van der Waals surface area (Å²) in [6, 6.07) is 11.3. The normalized spacial score (nSPS) is 10.6. The lowest BCUT2D eigenvalue weighted by Crippen LogP contribution is -2.11. The lowest BCUT2D eigenvalue weighted by atomic mass is 10.1. The summed E-state index contributed by atoms with van der Waals surface area (Å²) in [5.74, 6) is -1.55. The molecule has 0 aliphatic rings. The number of carboxylic acid groups (broad SMARTS) is 1. The molecule has 6 nitrogen and oxygen atoms in total. The lowest BCUT2D eigenvalue weighted by molar-refractivity contribution is -0.132. The summed E-state index contributed by atoms with van der Waals surface area (Å²) in [5, 5.41) is 20.2. The number of carboxylic acids is 1. The van der Waals surface area contributed by atoms with Crippen LogP contribution in [0.2, 0.25) is 0 Å². The minimum Gasteiger partial charge on any atom is -0.477 e. The van der Waals surface area contributed by atoms with Crippen molar-refractivity contribution in [3.63, 3.8) is 0 Å². The number of aromatic nitrogens is 1. The Bertz CT molecular complexity index is 759. The number of carbonyl (C=O) groups is 2. The van der Waals surface area contributed by atoms with E-state index < -0.39 is 5.97 Å². The third kappa shape index (κ3) is 3.77. The molecule has 1 amide bonds. The largest absolute Gasteiger partial charge is 0.477 e. The average molecular weight is 293 g/mol. The highest BCUT2D eigenvalue weighted by Crippen LogP contribution is 2.13. The van der Waals surface area contributed by atoms with E-state index in [0.717, 1.165) is 0 Å². The van der Waals surface area contributed by atoms with Gasteiger partial charge in [-0.3, -0.25) is 9.78 Å². The van der Waals surface area contributed by atoms with E-state index in [4.69, 9.17) is 10.4 Å². The molecule has 0 unspecified atom stereocenters. The summed E-state index contributed by atoms with van der Waals surface area (Å²) in [5.41, 5.74) is 1.25. The number of nitrogens with zero attached hydrogens (tertiary/aromatic N) is 2. The van der Waals surface area contributed by atoms with E-state index in [1.807, 2.05) is 0 Å². The molecule has 0 bridgehead atoms. The van der Waals surface area contributed by atoms with Crippen LogP contribution in [0, 0.1) is 11.3 Å². The second-order valence-electron chi connectivity index (χ2n) is 4.29. The SMILES string of the molecule is N#C/C(=C\c1ccc(NC(=O)c2ccncc2)cc1)C(=O)O. The molecule has 0 atom stereocenters. The van der Waals surface area contributed by atoms with E-state index in [0.29, 0.717) is 16.8 Å². The van der Waals surface area contributed by atoms with Crippen LogP contribution in [0.5, 0.6) is 0 Å². The first-order valence-corrected chi connectivity index (χ1v) is 6.26. The highest BCUT2D eigenvalue weighted by atomic mass is 16.4. The van der Waals surface area contributed by atoms with E-state index in [1.54, 1.807) is 42.5 Å². The Morgan fingerprint density at radius 2 is 1.77 bits per heavy atom. The van der Waals surface area contributed by atoms with Crippen LogP contribution in [0.3, 0.4) is 0 Å². The first-order chi connectivity index (χ1) is 10.6. The lowest BCUT2D eigenvalue weighted by Gasteiger charge is -2.05. The summed E-state index contributed by atoms with van der Waals surface area (Å²) >= 11 is 0. The molecular formula is C16H11N3O3. The zero-order valence-electron chi connectivity index (χ0n) is 11.4. The molecule has 0 saturated carbocycles. The standard InChI is InChI=1S/C16H11N3O3/c17-10-13(16(21)22)9-11-1-3-14(4-2-11)19-15(20)12-5-7-18-8-6-12/h1-9H,(H,19,20)(H,21,22)/b13-9+. The number of rotatable bonds is 4. The second-order valence-corrected chi connectivity index (χ2v) is 4.29. The van der Waals surface area contributed by atoms with Gasteiger partial charge in [0.1, 0.15) is 11.6 Å². The zero-order chi connectivity index (χ0) is 15.9. The van der Waals surface area contributed by atoms with E-state index in [9.17, 15) is 9.59 Å². The van der Waals surface area contributed by atoms with Crippen LogP contribution in [0.4, 0.5) is 5.69 Å². The third-order valence-electron chi connectivity index (χ3n) is 2.77. The Kier molecular flexibility index (Phi) is 4.63. The van der Waals surface area contributed by atoms with Crippen molar-refractivity contribution in [2.24, 2.45) is 0 Å². The van der Waals surface area contributed by atoms with Crippen LogP contribution in [0.25, 0.3) is 6.08 Å². The molecule has 1 aromatic carbocycles. The van der Waals surface area contributed by atoms with Gasteiger partial charge < -0.3 is 10.4 Å². The number of hydrogen-bond donors (Lipinski definition) is 2. The predicted molar refractivity (Wildman–Crippen MR) is 79.9 cm³/mol. The number of hydrogen-bond acceptors (Lipinski definition) is 4. The first-order valence-electron chi connectivity index (χ1n) is 6.26. The highest BCUT2D eigenvalue weighted by molar-refractivity contribution is 6.04. The van der Waals surface area contributed by atoms with Crippen molar-refractivity contribution in [3.8, 4) is 6.07 Å². The van der Waals surface area contributed by atoms with Crippen molar-refractivity contribution >= 4 is 23.6 Å². The number of nitriles is 1. The van der Waals surface area contributed by atoms with Crippen LogP contribution in [0.15, 0.2) is 54.4 Å². The van der Waals surface area contributed by atoms with Crippen LogP contribution in [-0.4, -0.2) is 22.0 Å². The summed E-state index contributed by atoms with van der Waals surface area (Å²) < 4.78 is 0. The monoisotopic (exact) mass is 293 g/mol. The van der Waals surface area contributed by atoms with Crippen molar-refractivity contribution < 1.29 is 14.7 Å². The molecule has 1 aromatic heterocycles. The molecule has 2 rings (SSSR count). The minimum atomic E-state index is -1.28. The fraction of sp³-hybridized carbons (Fsp3) is 0. The Morgan fingerprint density at radius 1 is 1.14 bits per heavy atom. The molecule has 0 spiro atoms. The Labute approximate surface area is 126 Å². The van der Waals surface area contributed by atoms with Gasteiger partial charge in [-0.1, -0.05) is 12.1 Å². The van der Waals surface area contributed by atoms with Crippen molar-refractivity contribution in [2.75, 3.05) is 5.32 Å². The molecule has 2 N–H and O–H groups in total. The van der Waals surface area contributed by atoms with Gasteiger partial charge in [-0.05, 0) is 35.9 Å². The van der Waals surface area contributed by atoms with Crippen molar-refractivity contribution in [1.29, 1.82) is 5.26 Å². The maximum atomic E-state index is 11.9. The number of pyridine rings is 1. The van der Waals surface area contributed by atoms with Gasteiger partial charge >= 0.3 is 5.97 Å². The molecule has 0 radical (unpaired) electrons. The average Bonchev–Trinajstić information content (AvgIpc) is 2.54. The number of amides is 1. The number of aliphatic carboxylic acids is 1. The summed E-state index contributed by atoms with van der Waals surface area (Å²) in [7, 11) is 0. The molecule has 22 heavy (non-hydrogen) atoms. The van der Waals surface area contributed by atoms with E-state index >= 15 is 0 Å². The molecule has 0 aliphatic heterocycles. The van der Waals surface area contributed by atoms with Gasteiger partial charge in [0.2, 0.25) is 0 Å². The highest BCUT2D eigenvalue weighted by Gasteiger charge is 2.07. The smallest absolute Gasteiger partial charge is 0.346 e. The summed E-state index contributed by atoms with van der Waals surface area (Å²) in [6.07, 6.45) is 4.31. The molecule has 0 aliphatic carbocycles. The number of nitrogens with one attached hydrogen (secondary N) is 1. The zero-order valence-corrected chi connectivity index (χ0v) is 11.4. The van der Waals surface area contributed by atoms with Gasteiger partial charge in [-0.15, -0.1) is 0 Å². The molecular weight excluding hydrogens is 282 g/mol. The number of anilines is 1. The molecule has 108 valence electrons. The van der Waals surface area contributed by atoms with Crippen molar-refractivity contribution in [3.05, 3.63) is 65.5 Å². The van der Waals surface area contributed by atoms with Crippen LogP contribution < -0.4 is 5.32 Å². The maximum Gasteiger partial charge on any atom is 0.346 e. The predicted octanol–water partition coefficient (Wildman–Crippen LogP) is 2.33. The Hall–Kier alpha value is -3.46. The molecule has 1 heterocycles. The number of carbonyl (C=O) groups excluding carboxylic acids is 1. The Balaban J connectivity index is 2.12. The van der Waals surface area contributed by atoms with Gasteiger partial charge in [0.25, 0.3) is 5.91 Å². The van der Waals surface area contributed by atoms with Gasteiger partial charge in [0, 0.05) is 23.6 Å². The fourth-order valence-corrected chi connectivity index (χ4v) is 1.68. The van der Waals surface area contributed by atoms with E-state index in [1.165, 1.54) is 18.5 Å². The van der Waals surface area contributed by atoms with Crippen LogP contribution >= 0.6 is 0 Å². The van der Waals surface area contributed by atoms with Crippen LogP contribution in [0.1, 0.15) is 15.9 Å². The molecule has 6 heteroatoms. The fourth-order valence-electron chi connectivity index (χ4n) is 1.68. The third-order valence-corrected chi connectivity index (χ3v) is 2.77. The Morgan fingerprint density at radius 3 is 2.32 bits per heavy atom. The quantitative estimate of drug-likeness (QED) is 0.665. The summed E-state index contributed by atoms with van der Waals surface area (Å²) in [6.45, 7) is 0. The first kappa shape index (κ1) is 14.9. The minimum absolute atomic E-state index is 0.269. The maximum absolute atomic E-state index is 11.9. The van der Waals surface area contributed by atoms with Crippen molar-refractivity contribution in [1.82, 2.24) is 4.98 Å². The second kappa shape index (κ2) is 6.81. The van der Waals surface area contributed by atoms with Gasteiger partial charge in [-0.2, -0.15) is 5.26 Å². The van der Waals surface area contributed by atoms with Gasteiger partial charge in [0.15, 0.2) is 0 Å². The molecule has 2 aromatic rings. The summed E-state index contributed by atoms with van der Waals surface area (Å²) in [4.78, 5) is 26.5. The van der Waals surface area contributed by atoms with Gasteiger partial charge in [0.05, 0.1) is 0 Å². The topological polar surface area (TPSA) is 103 Å². The molecule has 0 saturated heterocycles. The van der Waals surface area contributed by atoms with Crippen molar-refractivity contribution in [2.45, 2.75) is 0 Å². The number of benzene rings is 1. The molecule has 0 fully saturated rings. The van der Waals surface area contributed by atoms with E-state index in [-0.39, 0.29) is 11.5 Å². The van der Waals surface area contributed by atoms with E-state index in [2.05, 4.69) is 10.3 Å². The van der Waals surface area contributed by atoms with Gasteiger partial charge in [-0.25, -0.2) is 4.79 Å². The van der Waals surface area contributed by atoms with Crippen LogP contribution in [-0.2, 0) is 4.79 Å².